The standard InChI is InChI=1S/C13H26N2O3S/c1-4-18-13(16)12(14-11(2)3)5-6-15-7-9-19(17)10-8-15/h11-12,14H,4-10H2,1-3H3. The van der Waals surface area contributed by atoms with Crippen molar-refractivity contribution >= 4 is 16.8 Å². The zero-order valence-corrected chi connectivity index (χ0v) is 13.0. The maximum atomic E-state index is 11.9. The minimum absolute atomic E-state index is 0.170. The molecule has 0 aromatic carbocycles. The van der Waals surface area contributed by atoms with Gasteiger partial charge in [-0.3, -0.25) is 9.00 Å². The zero-order valence-electron chi connectivity index (χ0n) is 12.2. The first-order chi connectivity index (χ1) is 9.02. The Bertz CT molecular complexity index is 300. The quantitative estimate of drug-likeness (QED) is 0.687. The molecule has 1 aliphatic rings. The van der Waals surface area contributed by atoms with E-state index >= 15 is 0 Å². The van der Waals surface area contributed by atoms with Crippen LogP contribution < -0.4 is 5.32 Å². The highest BCUT2D eigenvalue weighted by Gasteiger charge is 2.22. The molecule has 1 rings (SSSR count). The molecule has 0 radical (unpaired) electrons. The van der Waals surface area contributed by atoms with Crippen molar-refractivity contribution in [2.24, 2.45) is 0 Å². The minimum atomic E-state index is -0.645. The van der Waals surface area contributed by atoms with Crippen LogP contribution in [-0.4, -0.2) is 64.9 Å². The molecule has 0 bridgehead atoms. The summed E-state index contributed by atoms with van der Waals surface area (Å²) in [6.45, 7) is 8.86. The fourth-order valence-electron chi connectivity index (χ4n) is 2.13. The van der Waals surface area contributed by atoms with Crippen LogP contribution in [0.25, 0.3) is 0 Å². The lowest BCUT2D eigenvalue weighted by Gasteiger charge is -2.28. The van der Waals surface area contributed by atoms with Gasteiger partial charge in [-0.05, 0) is 13.3 Å². The molecule has 1 saturated heterocycles. The van der Waals surface area contributed by atoms with Gasteiger partial charge in [0.1, 0.15) is 6.04 Å². The number of nitrogens with one attached hydrogen (secondary N) is 1. The Hall–Kier alpha value is -0.460. The van der Waals surface area contributed by atoms with Crippen LogP contribution in [-0.2, 0) is 20.3 Å². The molecule has 1 unspecified atom stereocenters. The van der Waals surface area contributed by atoms with Gasteiger partial charge in [0.2, 0.25) is 0 Å². The van der Waals surface area contributed by atoms with Gasteiger partial charge in [-0.25, -0.2) is 0 Å². The molecule has 112 valence electrons. The Kier molecular flexibility index (Phi) is 7.56. The third-order valence-corrected chi connectivity index (χ3v) is 4.39. The topological polar surface area (TPSA) is 58.6 Å². The van der Waals surface area contributed by atoms with Crippen LogP contribution in [0.3, 0.4) is 0 Å². The van der Waals surface area contributed by atoms with Crippen molar-refractivity contribution in [3.05, 3.63) is 0 Å². The van der Waals surface area contributed by atoms with Crippen LogP contribution in [0.1, 0.15) is 27.2 Å². The number of carbonyl (C=O) groups excluding carboxylic acids is 1. The number of rotatable bonds is 7. The van der Waals surface area contributed by atoms with E-state index in [9.17, 15) is 9.00 Å². The first kappa shape index (κ1) is 16.6. The fourth-order valence-corrected chi connectivity index (χ4v) is 3.25. The number of hydrogen-bond donors (Lipinski definition) is 1. The molecule has 0 aromatic rings. The minimum Gasteiger partial charge on any atom is -0.465 e. The average Bonchev–Trinajstić information content (AvgIpc) is 2.36. The summed E-state index contributed by atoms with van der Waals surface area (Å²) in [5, 5.41) is 3.25. The van der Waals surface area contributed by atoms with Gasteiger partial charge in [0.25, 0.3) is 0 Å². The van der Waals surface area contributed by atoms with Gasteiger partial charge in [0.05, 0.1) is 6.61 Å². The van der Waals surface area contributed by atoms with Crippen molar-refractivity contribution in [1.82, 2.24) is 10.2 Å². The van der Waals surface area contributed by atoms with E-state index in [0.717, 1.165) is 37.6 Å². The summed E-state index contributed by atoms with van der Waals surface area (Å²) < 4.78 is 16.4. The third-order valence-electron chi connectivity index (χ3n) is 3.11. The van der Waals surface area contributed by atoms with Gasteiger partial charge in [0.15, 0.2) is 0 Å². The van der Waals surface area contributed by atoms with Crippen molar-refractivity contribution < 1.29 is 13.7 Å². The highest BCUT2D eigenvalue weighted by molar-refractivity contribution is 7.85. The van der Waals surface area contributed by atoms with Crippen LogP contribution in [0.15, 0.2) is 0 Å². The molecular formula is C13H26N2O3S. The molecule has 0 aliphatic carbocycles. The van der Waals surface area contributed by atoms with Gasteiger partial charge in [-0.2, -0.15) is 0 Å². The summed E-state index contributed by atoms with van der Waals surface area (Å²) in [7, 11) is -0.645. The molecule has 19 heavy (non-hydrogen) atoms. The van der Waals surface area contributed by atoms with Gasteiger partial charge < -0.3 is 15.0 Å². The lowest BCUT2D eigenvalue weighted by molar-refractivity contribution is -0.146. The molecule has 6 heteroatoms. The SMILES string of the molecule is CCOC(=O)C(CCN1CCS(=O)CC1)NC(C)C. The second kappa shape index (κ2) is 8.66. The van der Waals surface area contributed by atoms with Gasteiger partial charge >= 0.3 is 5.97 Å². The Morgan fingerprint density at radius 3 is 2.53 bits per heavy atom. The molecule has 1 heterocycles. The van der Waals surface area contributed by atoms with E-state index in [0.29, 0.717) is 6.61 Å². The Balaban J connectivity index is 2.39. The zero-order chi connectivity index (χ0) is 14.3. The predicted octanol–water partition coefficient (Wildman–Crippen LogP) is 0.371. The Morgan fingerprint density at radius 1 is 1.37 bits per heavy atom. The molecule has 1 N–H and O–H groups in total. The number of nitrogens with zero attached hydrogens (tertiary/aromatic N) is 1. The van der Waals surface area contributed by atoms with Crippen LogP contribution in [0, 0.1) is 0 Å². The third kappa shape index (κ3) is 6.49. The molecule has 0 spiro atoms. The normalized spacial score (nSPS) is 19.6. The van der Waals surface area contributed by atoms with Crippen LogP contribution >= 0.6 is 0 Å². The molecule has 0 saturated carbocycles. The van der Waals surface area contributed by atoms with E-state index in [1.165, 1.54) is 0 Å². The van der Waals surface area contributed by atoms with E-state index in [2.05, 4.69) is 10.2 Å². The van der Waals surface area contributed by atoms with Crippen molar-refractivity contribution in [2.45, 2.75) is 39.3 Å². The van der Waals surface area contributed by atoms with Gasteiger partial charge in [0, 0.05) is 48.0 Å². The summed E-state index contributed by atoms with van der Waals surface area (Å²) in [6, 6.07) is 0.00985. The molecule has 1 atom stereocenters. The highest BCUT2D eigenvalue weighted by Crippen LogP contribution is 2.05. The Labute approximate surface area is 118 Å². The van der Waals surface area contributed by atoms with Crippen molar-refractivity contribution in [3.8, 4) is 0 Å². The maximum Gasteiger partial charge on any atom is 0.323 e. The molecule has 0 amide bonds. The van der Waals surface area contributed by atoms with E-state index in [4.69, 9.17) is 4.74 Å². The molecule has 1 fully saturated rings. The van der Waals surface area contributed by atoms with Crippen LogP contribution in [0.5, 0.6) is 0 Å². The fraction of sp³-hybridized carbons (Fsp3) is 0.923. The second-order valence-corrected chi connectivity index (χ2v) is 6.80. The van der Waals surface area contributed by atoms with E-state index in [1.54, 1.807) is 0 Å². The van der Waals surface area contributed by atoms with Crippen molar-refractivity contribution in [2.75, 3.05) is 37.7 Å². The summed E-state index contributed by atoms with van der Waals surface area (Å²) in [4.78, 5) is 14.1. The lowest BCUT2D eigenvalue weighted by Crippen LogP contribution is -2.46. The number of carbonyl (C=O) groups is 1. The van der Waals surface area contributed by atoms with Gasteiger partial charge in [-0.15, -0.1) is 0 Å². The van der Waals surface area contributed by atoms with E-state index in [-0.39, 0.29) is 18.1 Å². The van der Waals surface area contributed by atoms with Crippen molar-refractivity contribution in [1.29, 1.82) is 0 Å². The van der Waals surface area contributed by atoms with E-state index in [1.807, 2.05) is 20.8 Å². The van der Waals surface area contributed by atoms with Gasteiger partial charge in [-0.1, -0.05) is 13.8 Å². The van der Waals surface area contributed by atoms with Crippen molar-refractivity contribution in [3.63, 3.8) is 0 Å². The first-order valence-electron chi connectivity index (χ1n) is 7.03. The molecule has 0 aromatic heterocycles. The molecule has 1 aliphatic heterocycles. The first-order valence-corrected chi connectivity index (χ1v) is 8.51. The number of esters is 1. The number of hydrogen-bond acceptors (Lipinski definition) is 5. The molecule has 5 nitrogen and oxygen atoms in total. The number of ether oxygens (including phenoxy) is 1. The van der Waals surface area contributed by atoms with E-state index < -0.39 is 10.8 Å². The largest absolute Gasteiger partial charge is 0.465 e. The monoisotopic (exact) mass is 290 g/mol. The highest BCUT2D eigenvalue weighted by atomic mass is 32.2. The second-order valence-electron chi connectivity index (χ2n) is 5.10. The lowest BCUT2D eigenvalue weighted by atomic mass is 10.1. The summed E-state index contributed by atoms with van der Waals surface area (Å²) in [6.07, 6.45) is 0.740. The average molecular weight is 290 g/mol. The van der Waals surface area contributed by atoms with Crippen LogP contribution in [0.4, 0.5) is 0 Å². The smallest absolute Gasteiger partial charge is 0.323 e. The summed E-state index contributed by atoms with van der Waals surface area (Å²) in [5.74, 6) is 1.33. The van der Waals surface area contributed by atoms with Crippen LogP contribution in [0.2, 0.25) is 0 Å². The summed E-state index contributed by atoms with van der Waals surface area (Å²) >= 11 is 0. The Morgan fingerprint density at radius 2 is 2.00 bits per heavy atom. The molecular weight excluding hydrogens is 264 g/mol. The summed E-state index contributed by atoms with van der Waals surface area (Å²) in [5.41, 5.74) is 0. The maximum absolute atomic E-state index is 11.9. The predicted molar refractivity (Wildman–Crippen MR) is 77.6 cm³/mol.